The van der Waals surface area contributed by atoms with Gasteiger partial charge in [-0.3, -0.25) is 4.79 Å². The summed E-state index contributed by atoms with van der Waals surface area (Å²) >= 11 is 0. The SMILES string of the molecule is CCN(C(=O)CNS(=O)(=O)c1ccccc1)C1CCS(=O)(=O)C1. The number of rotatable bonds is 6. The van der Waals surface area contributed by atoms with Crippen LogP contribution in [0, 0.1) is 0 Å². The van der Waals surface area contributed by atoms with Crippen LogP contribution < -0.4 is 4.72 Å². The van der Waals surface area contributed by atoms with Gasteiger partial charge in [-0.1, -0.05) is 18.2 Å². The Balaban J connectivity index is 2.01. The highest BCUT2D eigenvalue weighted by molar-refractivity contribution is 7.91. The monoisotopic (exact) mass is 360 g/mol. The molecule has 0 aliphatic carbocycles. The Morgan fingerprint density at radius 1 is 1.30 bits per heavy atom. The van der Waals surface area contributed by atoms with Gasteiger partial charge < -0.3 is 4.90 Å². The molecule has 0 aromatic heterocycles. The molecule has 1 fully saturated rings. The minimum atomic E-state index is -3.76. The molecule has 1 unspecified atom stereocenters. The summed E-state index contributed by atoms with van der Waals surface area (Å²) < 4.78 is 49.5. The lowest BCUT2D eigenvalue weighted by molar-refractivity contribution is -0.131. The highest BCUT2D eigenvalue weighted by atomic mass is 32.2. The quantitative estimate of drug-likeness (QED) is 0.770. The second kappa shape index (κ2) is 6.98. The third-order valence-electron chi connectivity index (χ3n) is 3.78. The van der Waals surface area contributed by atoms with Gasteiger partial charge in [-0.2, -0.15) is 0 Å². The Labute approximate surface area is 136 Å². The van der Waals surface area contributed by atoms with Crippen molar-refractivity contribution in [2.45, 2.75) is 24.3 Å². The van der Waals surface area contributed by atoms with Crippen LogP contribution in [-0.4, -0.2) is 58.3 Å². The number of nitrogens with one attached hydrogen (secondary N) is 1. The molecule has 1 heterocycles. The molecule has 9 heteroatoms. The molecule has 1 N–H and O–H groups in total. The van der Waals surface area contributed by atoms with Gasteiger partial charge in [0, 0.05) is 12.6 Å². The fraction of sp³-hybridized carbons (Fsp3) is 0.500. The van der Waals surface area contributed by atoms with E-state index >= 15 is 0 Å². The van der Waals surface area contributed by atoms with E-state index in [4.69, 9.17) is 0 Å². The molecule has 1 saturated heterocycles. The number of amides is 1. The Kier molecular flexibility index (Phi) is 5.43. The fourth-order valence-corrected chi connectivity index (χ4v) is 5.33. The lowest BCUT2D eigenvalue weighted by Crippen LogP contribution is -2.46. The van der Waals surface area contributed by atoms with Gasteiger partial charge in [-0.25, -0.2) is 21.6 Å². The second-order valence-corrected chi connectivity index (χ2v) is 9.37. The molecule has 1 aliphatic rings. The highest BCUT2D eigenvalue weighted by Gasteiger charge is 2.34. The van der Waals surface area contributed by atoms with E-state index in [9.17, 15) is 21.6 Å². The zero-order valence-electron chi connectivity index (χ0n) is 12.8. The van der Waals surface area contributed by atoms with E-state index < -0.39 is 25.8 Å². The van der Waals surface area contributed by atoms with Crippen molar-refractivity contribution in [2.24, 2.45) is 0 Å². The van der Waals surface area contributed by atoms with Gasteiger partial charge in [0.1, 0.15) is 0 Å². The van der Waals surface area contributed by atoms with Crippen LogP contribution in [0.4, 0.5) is 0 Å². The molecule has 0 radical (unpaired) electrons. The number of nitrogens with zero attached hydrogens (tertiary/aromatic N) is 1. The van der Waals surface area contributed by atoms with Crippen LogP contribution in [0.2, 0.25) is 0 Å². The zero-order chi connectivity index (χ0) is 17.1. The predicted molar refractivity (Wildman–Crippen MR) is 86.1 cm³/mol. The van der Waals surface area contributed by atoms with Crippen LogP contribution in [0.1, 0.15) is 13.3 Å². The lowest BCUT2D eigenvalue weighted by atomic mass is 10.2. The van der Waals surface area contributed by atoms with Crippen molar-refractivity contribution in [2.75, 3.05) is 24.6 Å². The first-order valence-corrected chi connectivity index (χ1v) is 10.6. The number of hydrogen-bond acceptors (Lipinski definition) is 5. The van der Waals surface area contributed by atoms with Crippen molar-refractivity contribution >= 4 is 25.8 Å². The second-order valence-electron chi connectivity index (χ2n) is 5.37. The molecule has 1 aromatic rings. The minimum Gasteiger partial charge on any atom is -0.338 e. The Morgan fingerprint density at radius 2 is 1.96 bits per heavy atom. The van der Waals surface area contributed by atoms with Crippen molar-refractivity contribution in [3.05, 3.63) is 30.3 Å². The van der Waals surface area contributed by atoms with Crippen molar-refractivity contribution in [1.82, 2.24) is 9.62 Å². The molecular formula is C14H20N2O5S2. The number of sulfone groups is 1. The summed E-state index contributed by atoms with van der Waals surface area (Å²) in [5.74, 6) is -0.413. The average Bonchev–Trinajstić information content (AvgIpc) is 2.87. The third-order valence-corrected chi connectivity index (χ3v) is 6.94. The van der Waals surface area contributed by atoms with Crippen LogP contribution >= 0.6 is 0 Å². The maximum absolute atomic E-state index is 12.3. The van der Waals surface area contributed by atoms with Crippen molar-refractivity contribution in [3.8, 4) is 0 Å². The van der Waals surface area contributed by atoms with E-state index in [1.54, 1.807) is 25.1 Å². The molecule has 2 rings (SSSR count). The number of carbonyl (C=O) groups is 1. The molecule has 0 spiro atoms. The Bertz CT molecular complexity index is 760. The van der Waals surface area contributed by atoms with Gasteiger partial charge >= 0.3 is 0 Å². The molecule has 1 aromatic carbocycles. The first kappa shape index (κ1) is 17.9. The molecule has 0 bridgehead atoms. The zero-order valence-corrected chi connectivity index (χ0v) is 14.4. The van der Waals surface area contributed by atoms with Crippen LogP contribution in [0.25, 0.3) is 0 Å². The largest absolute Gasteiger partial charge is 0.338 e. The van der Waals surface area contributed by atoms with Crippen molar-refractivity contribution in [1.29, 1.82) is 0 Å². The van der Waals surface area contributed by atoms with Gasteiger partial charge in [-0.05, 0) is 25.5 Å². The number of hydrogen-bond donors (Lipinski definition) is 1. The third kappa shape index (κ3) is 4.52. The minimum absolute atomic E-state index is 0.0575. The molecule has 128 valence electrons. The average molecular weight is 360 g/mol. The van der Waals surface area contributed by atoms with Crippen molar-refractivity contribution < 1.29 is 21.6 Å². The van der Waals surface area contributed by atoms with Gasteiger partial charge in [-0.15, -0.1) is 0 Å². The van der Waals surface area contributed by atoms with Crippen LogP contribution in [-0.2, 0) is 24.7 Å². The molecule has 7 nitrogen and oxygen atoms in total. The lowest BCUT2D eigenvalue weighted by Gasteiger charge is -2.26. The van der Waals surface area contributed by atoms with E-state index in [0.29, 0.717) is 13.0 Å². The molecule has 23 heavy (non-hydrogen) atoms. The van der Waals surface area contributed by atoms with Crippen molar-refractivity contribution in [3.63, 3.8) is 0 Å². The van der Waals surface area contributed by atoms with E-state index in [1.807, 2.05) is 0 Å². The predicted octanol–water partition coefficient (Wildman–Crippen LogP) is 0.000500. The summed E-state index contributed by atoms with van der Waals surface area (Å²) in [6.07, 6.45) is 0.396. The summed E-state index contributed by atoms with van der Waals surface area (Å²) in [5, 5.41) is 0. The van der Waals surface area contributed by atoms with E-state index in [2.05, 4.69) is 4.72 Å². The van der Waals surface area contributed by atoms with Gasteiger partial charge in [0.05, 0.1) is 22.9 Å². The maximum Gasteiger partial charge on any atom is 0.241 e. The summed E-state index contributed by atoms with van der Waals surface area (Å²) in [6, 6.07) is 7.39. The first-order valence-electron chi connectivity index (χ1n) is 7.30. The smallest absolute Gasteiger partial charge is 0.241 e. The number of benzene rings is 1. The van der Waals surface area contributed by atoms with Crippen LogP contribution in [0.15, 0.2) is 35.2 Å². The molecule has 1 aliphatic heterocycles. The summed E-state index contributed by atoms with van der Waals surface area (Å²) in [7, 11) is -6.86. The standard InChI is InChI=1S/C14H20N2O5S2/c1-2-16(12-8-9-22(18,19)11-12)14(17)10-15-23(20,21)13-6-4-3-5-7-13/h3-7,12,15H,2,8-11H2,1H3. The van der Waals surface area contributed by atoms with Crippen LogP contribution in [0.5, 0.6) is 0 Å². The normalized spacial score (nSPS) is 20.3. The number of sulfonamides is 1. The van der Waals surface area contributed by atoms with E-state index in [1.165, 1.54) is 17.0 Å². The summed E-state index contributed by atoms with van der Waals surface area (Å²) in [4.78, 5) is 13.8. The molecule has 0 saturated carbocycles. The molecular weight excluding hydrogens is 340 g/mol. The molecule has 1 amide bonds. The first-order chi connectivity index (χ1) is 10.7. The Hall–Kier alpha value is -1.45. The molecule has 1 atom stereocenters. The highest BCUT2D eigenvalue weighted by Crippen LogP contribution is 2.17. The van der Waals surface area contributed by atoms with E-state index in [0.717, 1.165) is 0 Å². The summed E-state index contributed by atoms with van der Waals surface area (Å²) in [5.41, 5.74) is 0. The Morgan fingerprint density at radius 3 is 2.48 bits per heavy atom. The number of likely N-dealkylation sites (N-methyl/N-ethyl adjacent to an activating group) is 1. The number of carbonyl (C=O) groups excluding carboxylic acids is 1. The van der Waals surface area contributed by atoms with Gasteiger partial charge in [0.2, 0.25) is 15.9 Å². The summed E-state index contributed by atoms with van der Waals surface area (Å²) in [6.45, 7) is 1.70. The van der Waals surface area contributed by atoms with Gasteiger partial charge in [0.25, 0.3) is 0 Å². The topological polar surface area (TPSA) is 101 Å². The fourth-order valence-electron chi connectivity index (χ4n) is 2.60. The maximum atomic E-state index is 12.3. The van der Waals surface area contributed by atoms with Gasteiger partial charge in [0.15, 0.2) is 9.84 Å². The van der Waals surface area contributed by atoms with E-state index in [-0.39, 0.29) is 29.0 Å². The van der Waals surface area contributed by atoms with Crippen LogP contribution in [0.3, 0.4) is 0 Å².